The highest BCUT2D eigenvalue weighted by atomic mass is 32.2. The Morgan fingerprint density at radius 2 is 1.82 bits per heavy atom. The highest BCUT2D eigenvalue weighted by Gasteiger charge is 2.40. The number of sulfonamides is 1. The molecule has 1 fully saturated rings. The first-order valence-corrected chi connectivity index (χ1v) is 8.15. The van der Waals surface area contributed by atoms with Gasteiger partial charge < -0.3 is 0 Å². The fourth-order valence-electron chi connectivity index (χ4n) is 1.98. The molecule has 1 aliphatic carbocycles. The van der Waals surface area contributed by atoms with Crippen LogP contribution in [0.4, 0.5) is 0 Å². The third kappa shape index (κ3) is 3.68. The Hall–Kier alpha value is -0.0900. The molecule has 0 radical (unpaired) electrons. The van der Waals surface area contributed by atoms with E-state index >= 15 is 0 Å². The highest BCUT2D eigenvalue weighted by molar-refractivity contribution is 7.90. The lowest BCUT2D eigenvalue weighted by Gasteiger charge is -2.34. The fourth-order valence-corrected chi connectivity index (χ4v) is 3.67. The molecule has 4 heteroatoms. The molecule has 1 saturated carbocycles. The highest BCUT2D eigenvalue weighted by Crippen LogP contribution is 2.34. The van der Waals surface area contributed by atoms with Gasteiger partial charge in [0.2, 0.25) is 10.0 Å². The summed E-state index contributed by atoms with van der Waals surface area (Å²) in [6.45, 7) is 10.2. The molecule has 0 aromatic rings. The quantitative estimate of drug-likeness (QED) is 0.737. The molecule has 0 N–H and O–H groups in total. The second kappa shape index (κ2) is 5.27. The van der Waals surface area contributed by atoms with Gasteiger partial charge >= 0.3 is 0 Å². The molecule has 0 saturated heterocycles. The summed E-state index contributed by atoms with van der Waals surface area (Å²) in [7, 11) is -3.18. The van der Waals surface area contributed by atoms with Gasteiger partial charge in [0.05, 0.1) is 4.75 Å². The maximum Gasteiger partial charge on any atom is 0.219 e. The molecule has 3 nitrogen and oxygen atoms in total. The first-order valence-electron chi connectivity index (χ1n) is 6.71. The van der Waals surface area contributed by atoms with Crippen LogP contribution in [0.3, 0.4) is 0 Å². The Bertz CT molecular complexity index is 339. The molecule has 1 atom stereocenters. The van der Waals surface area contributed by atoms with Crippen LogP contribution in [0, 0.1) is 5.92 Å². The Labute approximate surface area is 107 Å². The first kappa shape index (κ1) is 15.0. The van der Waals surface area contributed by atoms with Crippen LogP contribution >= 0.6 is 0 Å². The van der Waals surface area contributed by atoms with E-state index in [2.05, 4.69) is 6.92 Å². The van der Waals surface area contributed by atoms with Crippen LogP contribution < -0.4 is 0 Å². The summed E-state index contributed by atoms with van der Waals surface area (Å²) >= 11 is 0. The van der Waals surface area contributed by atoms with Crippen molar-refractivity contribution in [1.29, 1.82) is 0 Å². The molecule has 0 aromatic heterocycles. The molecule has 0 heterocycles. The summed E-state index contributed by atoms with van der Waals surface area (Å²) < 4.78 is 26.2. The zero-order valence-electron chi connectivity index (χ0n) is 11.9. The molecule has 102 valence electrons. The third-order valence-electron chi connectivity index (χ3n) is 3.42. The van der Waals surface area contributed by atoms with E-state index in [0.717, 1.165) is 19.4 Å². The van der Waals surface area contributed by atoms with Gasteiger partial charge in [-0.3, -0.25) is 0 Å². The van der Waals surface area contributed by atoms with Crippen molar-refractivity contribution >= 4 is 10.0 Å². The SMILES string of the molecule is CCC[C@@H](C)N(CC1CC1)S(=O)(=O)C(C)(C)C. The van der Waals surface area contributed by atoms with Gasteiger partial charge in [0.25, 0.3) is 0 Å². The van der Waals surface area contributed by atoms with Crippen molar-refractivity contribution in [2.75, 3.05) is 6.54 Å². The lowest BCUT2D eigenvalue weighted by atomic mass is 10.2. The predicted molar refractivity (Wildman–Crippen MR) is 72.5 cm³/mol. The van der Waals surface area contributed by atoms with Crippen LogP contribution in [0.15, 0.2) is 0 Å². The predicted octanol–water partition coefficient (Wildman–Crippen LogP) is 3.02. The van der Waals surface area contributed by atoms with E-state index in [1.54, 1.807) is 25.1 Å². The summed E-state index contributed by atoms with van der Waals surface area (Å²) in [5.41, 5.74) is 0. The average molecular weight is 261 g/mol. The lowest BCUT2D eigenvalue weighted by molar-refractivity contribution is 0.301. The van der Waals surface area contributed by atoms with Gasteiger partial charge in [-0.05, 0) is 52.9 Å². The monoisotopic (exact) mass is 261 g/mol. The summed E-state index contributed by atoms with van der Waals surface area (Å²) in [5.74, 6) is 0.603. The standard InChI is InChI=1S/C13H27NO2S/c1-6-7-11(2)14(10-12-8-9-12)17(15,16)13(3,4)5/h11-12H,6-10H2,1-5H3/t11-/m1/s1. The largest absolute Gasteiger partial charge is 0.219 e. The number of hydrogen-bond donors (Lipinski definition) is 0. The van der Waals surface area contributed by atoms with Crippen LogP contribution in [0.5, 0.6) is 0 Å². The molecule has 0 spiro atoms. The van der Waals surface area contributed by atoms with Crippen molar-refractivity contribution in [2.24, 2.45) is 5.92 Å². The lowest BCUT2D eigenvalue weighted by Crippen LogP contribution is -2.48. The molecule has 1 rings (SSSR count). The van der Waals surface area contributed by atoms with Crippen LogP contribution in [0.2, 0.25) is 0 Å². The van der Waals surface area contributed by atoms with Gasteiger partial charge in [-0.15, -0.1) is 0 Å². The van der Waals surface area contributed by atoms with Gasteiger partial charge in [0.1, 0.15) is 0 Å². The normalized spacial score (nSPS) is 19.6. The zero-order chi connectivity index (χ0) is 13.3. The summed E-state index contributed by atoms with van der Waals surface area (Å²) in [5, 5.41) is 0. The van der Waals surface area contributed by atoms with Crippen molar-refractivity contribution < 1.29 is 8.42 Å². The van der Waals surface area contributed by atoms with E-state index in [1.807, 2.05) is 6.92 Å². The fraction of sp³-hybridized carbons (Fsp3) is 1.00. The molecular weight excluding hydrogens is 234 g/mol. The van der Waals surface area contributed by atoms with Crippen molar-refractivity contribution in [1.82, 2.24) is 4.31 Å². The van der Waals surface area contributed by atoms with Crippen molar-refractivity contribution in [3.8, 4) is 0 Å². The third-order valence-corrected chi connectivity index (χ3v) is 6.09. The van der Waals surface area contributed by atoms with E-state index in [-0.39, 0.29) is 6.04 Å². The Morgan fingerprint density at radius 1 is 1.29 bits per heavy atom. The van der Waals surface area contributed by atoms with Crippen LogP contribution in [-0.2, 0) is 10.0 Å². The van der Waals surface area contributed by atoms with Crippen molar-refractivity contribution in [3.05, 3.63) is 0 Å². The van der Waals surface area contributed by atoms with Gasteiger partial charge in [-0.2, -0.15) is 4.31 Å². The first-order chi connectivity index (χ1) is 7.70. The van der Waals surface area contributed by atoms with Gasteiger partial charge in [0.15, 0.2) is 0 Å². The second-order valence-corrected chi connectivity index (χ2v) is 8.91. The van der Waals surface area contributed by atoms with Gasteiger partial charge in [-0.1, -0.05) is 13.3 Å². The smallest absolute Gasteiger partial charge is 0.212 e. The molecule has 0 aromatic carbocycles. The van der Waals surface area contributed by atoms with E-state index < -0.39 is 14.8 Å². The van der Waals surface area contributed by atoms with E-state index in [4.69, 9.17) is 0 Å². The van der Waals surface area contributed by atoms with E-state index in [1.165, 1.54) is 12.8 Å². The van der Waals surface area contributed by atoms with Crippen LogP contribution in [0.25, 0.3) is 0 Å². The minimum Gasteiger partial charge on any atom is -0.212 e. The maximum atomic E-state index is 12.6. The van der Waals surface area contributed by atoms with Crippen LogP contribution in [-0.4, -0.2) is 30.1 Å². The molecule has 0 amide bonds. The van der Waals surface area contributed by atoms with Gasteiger partial charge in [-0.25, -0.2) is 8.42 Å². The maximum absolute atomic E-state index is 12.6. The minimum atomic E-state index is -3.18. The molecule has 0 bridgehead atoms. The van der Waals surface area contributed by atoms with E-state index in [0.29, 0.717) is 5.92 Å². The number of nitrogens with zero attached hydrogens (tertiary/aromatic N) is 1. The Balaban J connectivity index is 2.88. The number of hydrogen-bond acceptors (Lipinski definition) is 2. The topological polar surface area (TPSA) is 37.4 Å². The second-order valence-electron chi connectivity index (χ2n) is 6.27. The Kier molecular flexibility index (Phi) is 4.64. The summed E-state index contributed by atoms with van der Waals surface area (Å²) in [6, 6.07) is 0.129. The Morgan fingerprint density at radius 3 is 2.18 bits per heavy atom. The molecular formula is C13H27NO2S. The van der Waals surface area contributed by atoms with Crippen molar-refractivity contribution in [3.63, 3.8) is 0 Å². The minimum absolute atomic E-state index is 0.129. The van der Waals surface area contributed by atoms with E-state index in [9.17, 15) is 8.42 Å². The zero-order valence-corrected chi connectivity index (χ0v) is 12.7. The number of rotatable bonds is 6. The molecule has 0 aliphatic heterocycles. The summed E-state index contributed by atoms with van der Waals surface area (Å²) in [4.78, 5) is 0. The van der Waals surface area contributed by atoms with Gasteiger partial charge in [0, 0.05) is 12.6 Å². The molecule has 1 aliphatic rings. The summed E-state index contributed by atoms with van der Waals surface area (Å²) in [6.07, 6.45) is 4.36. The molecule has 0 unspecified atom stereocenters. The van der Waals surface area contributed by atoms with Crippen LogP contribution in [0.1, 0.15) is 60.3 Å². The molecule has 17 heavy (non-hydrogen) atoms. The average Bonchev–Trinajstić information content (AvgIpc) is 2.95. The van der Waals surface area contributed by atoms with Crippen molar-refractivity contribution in [2.45, 2.75) is 71.1 Å².